The van der Waals surface area contributed by atoms with Crippen LogP contribution in [-0.2, 0) is 9.53 Å². The van der Waals surface area contributed by atoms with Crippen LogP contribution in [0.4, 0.5) is 0 Å². The van der Waals surface area contributed by atoms with Crippen LogP contribution in [0.2, 0.25) is 0 Å². The van der Waals surface area contributed by atoms with Gasteiger partial charge in [0.2, 0.25) is 0 Å². The van der Waals surface area contributed by atoms with Crippen LogP contribution in [-0.4, -0.2) is 23.6 Å². The molecule has 0 spiro atoms. The summed E-state index contributed by atoms with van der Waals surface area (Å²) in [4.78, 5) is 11.3. The second-order valence-electron chi connectivity index (χ2n) is 4.69. The van der Waals surface area contributed by atoms with Gasteiger partial charge in [-0.1, -0.05) is 52.5 Å². The van der Waals surface area contributed by atoms with Crippen LogP contribution in [0.25, 0.3) is 0 Å². The topological polar surface area (TPSA) is 26.3 Å². The van der Waals surface area contributed by atoms with Gasteiger partial charge >= 0.3 is 5.97 Å². The molecule has 0 heterocycles. The minimum Gasteiger partial charge on any atom is -0.462 e. The maximum atomic E-state index is 11.3. The van der Waals surface area contributed by atoms with Gasteiger partial charge in [-0.25, -0.2) is 4.79 Å². The van der Waals surface area contributed by atoms with Crippen LogP contribution in [0.5, 0.6) is 0 Å². The lowest BCUT2D eigenvalue weighted by Gasteiger charge is -2.04. The summed E-state index contributed by atoms with van der Waals surface area (Å²) in [6.07, 6.45) is 10.8. The Morgan fingerprint density at radius 1 is 1.22 bits per heavy atom. The number of unbranched alkanes of at least 4 members (excludes halogenated alkanes) is 5. The number of allylic oxidation sites excluding steroid dienone is 1. The third-order valence-electron chi connectivity index (χ3n) is 2.51. The smallest absolute Gasteiger partial charge is 0.330 e. The fourth-order valence-electron chi connectivity index (χ4n) is 1.52. The molecule has 0 aliphatic heterocycles. The lowest BCUT2D eigenvalue weighted by molar-refractivity contribution is -0.137. The molecule has 0 aliphatic rings. The third kappa shape index (κ3) is 13.6. The molecule has 0 atom stereocenters. The Kier molecular flexibility index (Phi) is 12.7. The highest BCUT2D eigenvalue weighted by molar-refractivity contribution is 7.99. The molecule has 0 aliphatic carbocycles. The predicted molar refractivity (Wildman–Crippen MR) is 81.1 cm³/mol. The van der Waals surface area contributed by atoms with Gasteiger partial charge in [0.1, 0.15) is 6.61 Å². The van der Waals surface area contributed by atoms with E-state index in [1.807, 2.05) is 17.8 Å². The first-order valence-corrected chi connectivity index (χ1v) is 8.16. The van der Waals surface area contributed by atoms with Gasteiger partial charge in [-0.3, -0.25) is 0 Å². The van der Waals surface area contributed by atoms with Crippen LogP contribution in [0.15, 0.2) is 12.2 Å². The fraction of sp³-hybridized carbons (Fsp3) is 0.800. The van der Waals surface area contributed by atoms with Crippen molar-refractivity contribution in [2.75, 3.05) is 12.4 Å². The van der Waals surface area contributed by atoms with Crippen LogP contribution in [0.1, 0.15) is 59.3 Å². The highest BCUT2D eigenvalue weighted by Gasteiger charge is 1.98. The molecule has 0 bridgehead atoms. The van der Waals surface area contributed by atoms with E-state index in [1.54, 1.807) is 6.08 Å². The summed E-state index contributed by atoms with van der Waals surface area (Å²) in [5.41, 5.74) is 0. The zero-order valence-corrected chi connectivity index (χ0v) is 12.9. The minimum atomic E-state index is -0.201. The quantitative estimate of drug-likeness (QED) is 0.313. The van der Waals surface area contributed by atoms with Crippen LogP contribution in [0, 0.1) is 0 Å². The average Bonchev–Trinajstić information content (AvgIpc) is 2.33. The summed E-state index contributed by atoms with van der Waals surface area (Å²) in [6, 6.07) is 0. The number of rotatable bonds is 11. The van der Waals surface area contributed by atoms with Crippen molar-refractivity contribution in [3.05, 3.63) is 12.2 Å². The van der Waals surface area contributed by atoms with Crippen LogP contribution >= 0.6 is 11.8 Å². The molecule has 0 rings (SSSR count). The summed E-state index contributed by atoms with van der Waals surface area (Å²) in [5, 5.41) is 0.599. The zero-order valence-electron chi connectivity index (χ0n) is 12.1. The Labute approximate surface area is 117 Å². The largest absolute Gasteiger partial charge is 0.462 e. The minimum absolute atomic E-state index is 0.201. The van der Waals surface area contributed by atoms with E-state index in [0.29, 0.717) is 11.9 Å². The second-order valence-corrected chi connectivity index (χ2v) is 6.38. The van der Waals surface area contributed by atoms with Crippen LogP contribution in [0.3, 0.4) is 0 Å². The van der Waals surface area contributed by atoms with Crippen molar-refractivity contribution in [2.45, 2.75) is 64.5 Å². The number of esters is 1. The molecular formula is C15H28O2S. The molecule has 0 radical (unpaired) electrons. The van der Waals surface area contributed by atoms with Gasteiger partial charge < -0.3 is 4.74 Å². The molecule has 0 unspecified atom stereocenters. The average molecular weight is 272 g/mol. The first-order chi connectivity index (χ1) is 8.66. The van der Waals surface area contributed by atoms with E-state index in [9.17, 15) is 4.79 Å². The van der Waals surface area contributed by atoms with E-state index in [2.05, 4.69) is 20.8 Å². The number of hydrogen-bond acceptors (Lipinski definition) is 3. The van der Waals surface area contributed by atoms with Gasteiger partial charge in [-0.2, -0.15) is 11.8 Å². The highest BCUT2D eigenvalue weighted by Crippen LogP contribution is 2.08. The van der Waals surface area contributed by atoms with Crippen LogP contribution < -0.4 is 0 Å². The molecule has 0 aromatic heterocycles. The van der Waals surface area contributed by atoms with Gasteiger partial charge in [0.25, 0.3) is 0 Å². The van der Waals surface area contributed by atoms with Crippen molar-refractivity contribution in [3.63, 3.8) is 0 Å². The van der Waals surface area contributed by atoms with Crippen molar-refractivity contribution < 1.29 is 9.53 Å². The summed E-state index contributed by atoms with van der Waals surface area (Å²) < 4.78 is 5.09. The normalized spacial score (nSPS) is 11.3. The Morgan fingerprint density at radius 3 is 2.61 bits per heavy atom. The molecule has 2 nitrogen and oxygen atoms in total. The molecule has 0 aromatic carbocycles. The SMILES string of the molecule is CCCCCCC/C=C/C(=O)OCCSC(C)C. The summed E-state index contributed by atoms with van der Waals surface area (Å²) >= 11 is 1.81. The van der Waals surface area contributed by atoms with Gasteiger partial charge in [0.05, 0.1) is 0 Å². The molecule has 0 amide bonds. The van der Waals surface area contributed by atoms with E-state index in [-0.39, 0.29) is 5.97 Å². The van der Waals surface area contributed by atoms with Crippen molar-refractivity contribution >= 4 is 17.7 Å². The Morgan fingerprint density at radius 2 is 1.94 bits per heavy atom. The lowest BCUT2D eigenvalue weighted by atomic mass is 10.1. The molecule has 18 heavy (non-hydrogen) atoms. The van der Waals surface area contributed by atoms with Gasteiger partial charge in [0.15, 0.2) is 0 Å². The lowest BCUT2D eigenvalue weighted by Crippen LogP contribution is -2.05. The van der Waals surface area contributed by atoms with Crippen molar-refractivity contribution in [2.24, 2.45) is 0 Å². The molecule has 0 fully saturated rings. The van der Waals surface area contributed by atoms with Crippen molar-refractivity contribution in [3.8, 4) is 0 Å². The standard InChI is InChI=1S/C15H28O2S/c1-4-5-6-7-8-9-10-11-15(16)17-12-13-18-14(2)3/h10-11,14H,4-9,12-13H2,1-3H3/b11-10+. The molecule has 0 N–H and O–H groups in total. The number of carbonyl (C=O) groups excluding carboxylic acids is 1. The Hall–Kier alpha value is -0.440. The Balaban J connectivity index is 3.34. The van der Waals surface area contributed by atoms with E-state index in [0.717, 1.165) is 12.2 Å². The Bertz CT molecular complexity index is 225. The molecule has 3 heteroatoms. The molecule has 0 saturated carbocycles. The monoisotopic (exact) mass is 272 g/mol. The maximum absolute atomic E-state index is 11.3. The first-order valence-electron chi connectivity index (χ1n) is 7.11. The van der Waals surface area contributed by atoms with Gasteiger partial charge in [-0.05, 0) is 18.1 Å². The van der Waals surface area contributed by atoms with Crippen molar-refractivity contribution in [1.29, 1.82) is 0 Å². The zero-order chi connectivity index (χ0) is 13.6. The number of ether oxygens (including phenoxy) is 1. The third-order valence-corrected chi connectivity index (χ3v) is 3.58. The van der Waals surface area contributed by atoms with Gasteiger partial charge in [0, 0.05) is 11.8 Å². The van der Waals surface area contributed by atoms with E-state index >= 15 is 0 Å². The number of hydrogen-bond donors (Lipinski definition) is 0. The summed E-state index contributed by atoms with van der Waals surface area (Å²) in [7, 11) is 0. The summed E-state index contributed by atoms with van der Waals surface area (Å²) in [5.74, 6) is 0.682. The maximum Gasteiger partial charge on any atom is 0.330 e. The second kappa shape index (κ2) is 13.0. The van der Waals surface area contributed by atoms with E-state index in [1.165, 1.54) is 32.1 Å². The van der Waals surface area contributed by atoms with Crippen molar-refractivity contribution in [1.82, 2.24) is 0 Å². The molecule has 106 valence electrons. The number of thioether (sulfide) groups is 1. The number of carbonyl (C=O) groups is 1. The van der Waals surface area contributed by atoms with E-state index in [4.69, 9.17) is 4.74 Å². The predicted octanol–water partition coefficient (Wildman–Crippen LogP) is 4.59. The highest BCUT2D eigenvalue weighted by atomic mass is 32.2. The van der Waals surface area contributed by atoms with Gasteiger partial charge in [-0.15, -0.1) is 0 Å². The molecule has 0 aromatic rings. The van der Waals surface area contributed by atoms with E-state index < -0.39 is 0 Å². The molecule has 0 saturated heterocycles. The first kappa shape index (κ1) is 17.6. The fourth-order valence-corrected chi connectivity index (χ4v) is 2.17. The molecular weight excluding hydrogens is 244 g/mol. The summed E-state index contributed by atoms with van der Waals surface area (Å²) in [6.45, 7) is 7.02.